The quantitative estimate of drug-likeness (QED) is 0.00750. The second kappa shape index (κ2) is 38.8. The van der Waals surface area contributed by atoms with Gasteiger partial charge in [0.2, 0.25) is 12.0 Å². The summed E-state index contributed by atoms with van der Waals surface area (Å²) in [4.78, 5) is 139. The van der Waals surface area contributed by atoms with Crippen LogP contribution in [0.5, 0.6) is 0 Å². The van der Waals surface area contributed by atoms with Gasteiger partial charge in [-0.15, -0.1) is 0 Å². The number of esters is 1. The van der Waals surface area contributed by atoms with Crippen molar-refractivity contribution in [3.8, 4) is 0 Å². The molecule has 0 unspecified atom stereocenters. The standard InChI is InChI=1S/C16H13ClFN5O6.C9H9FIN5O4.C9H10FIN2O4.C9H11FN2O5.C9H9FN2O4.CH3O.H3N.Na/c17-9-3-1-2-8(6-9)14(26)28-7-16(21-22-19)12(18)11(25)13(29-16)23-5-4-10(24)20-15(23)27;10-6-5(18)7(20-9(6,3-11)14-15-12)16-2-1-4(17)13-8(16)19;10-6-4(3-11)17-8(7(6)15)13-2-1-5(14)12-9(13)16;10-6-4(3-13)17-8(7(6)15)12-2-1-5(14)11-9(12)16;1-4-6(10)7(14)8(16-4)12-3-2-5(13)11-9(12)15;1-2;;/h1-6,11-13,25H,7H2,(H,20,24,27);1-2,5-7,18H,3H2,(H,13,17,19);1-2,4,6-8,15H,3H2,(H,12,14,16);1-2,4,6-8,13,15H,3H2,(H,11,14,16);2-3,6-8,14H,1H2,(H,11,13,15);1H3;1H3;/q;;;;;-1;;+1/t11-,12+,13-,16-;5-,6+,7-,9-;2*4-,6-,7-,8-;6-,7-,8-;;;/m11111.../s1. The Morgan fingerprint density at radius 2 is 0.961 bits per heavy atom. The molecule has 0 spiro atoms. The number of halogens is 8. The number of benzene rings is 1. The Bertz CT molecular complexity index is 4560. The molecule has 41 nitrogen and oxygen atoms in total. The number of aromatic nitrogens is 10. The second-order valence-corrected chi connectivity index (χ2v) is 23.0. The van der Waals surface area contributed by atoms with Crippen molar-refractivity contribution in [1.82, 2.24) is 53.9 Å². The van der Waals surface area contributed by atoms with Crippen molar-refractivity contribution in [2.45, 2.75) is 116 Å². The van der Waals surface area contributed by atoms with Gasteiger partial charge < -0.3 is 70.3 Å². The first-order chi connectivity index (χ1) is 47.8. The Balaban J connectivity index is 0.000000275. The number of carbonyl (C=O) groups is 1. The first-order valence-electron chi connectivity index (χ1n) is 28.2. The van der Waals surface area contributed by atoms with E-state index in [1.807, 2.05) is 47.5 Å². The van der Waals surface area contributed by atoms with Gasteiger partial charge in [-0.2, -0.15) is 7.11 Å². The van der Waals surface area contributed by atoms with E-state index in [0.717, 1.165) is 80.5 Å². The van der Waals surface area contributed by atoms with Crippen LogP contribution < -0.4 is 97.1 Å². The number of alkyl halides is 7. The van der Waals surface area contributed by atoms with Crippen molar-refractivity contribution in [3.63, 3.8) is 0 Å². The summed E-state index contributed by atoms with van der Waals surface area (Å²) >= 11 is 9.48. The molecule has 0 saturated carbocycles. The summed E-state index contributed by atoms with van der Waals surface area (Å²) in [6.45, 7) is 1.77. The first kappa shape index (κ1) is 87.6. The molecule has 5 aliphatic rings. The van der Waals surface area contributed by atoms with Gasteiger partial charge in [0.05, 0.1) is 12.2 Å². The third-order valence-electron chi connectivity index (χ3n) is 14.5. The number of aliphatic hydroxyl groups excluding tert-OH is 6. The van der Waals surface area contributed by atoms with Gasteiger partial charge in [-0.05, 0) is 29.3 Å². The number of carbonyl (C=O) groups excluding carboxylic acids is 1. The van der Waals surface area contributed by atoms with E-state index in [-0.39, 0.29) is 56.5 Å². The number of hydrogen-bond acceptors (Lipinski definition) is 27. The van der Waals surface area contributed by atoms with E-state index < -0.39 is 192 Å². The SMILES string of the molecule is C=C1O[C@@H](n2ccc(=O)[nH]c2=O)[C@H](O)[C@@H]1F.C[O-].N.O=c1ccn([C@@H]2O[C@H](CI)[C@@H](F)[C@H]2O)c(=O)[nH]1.O=c1ccn([C@@H]2O[C@H](CO)[C@@H](F)[C@H]2O)c(=O)[nH]1.[N-]=[N+]=N[C@]1(CI)O[C@@H](n2ccc(=O)[nH]c2=O)[C@H](O)[C@@H]1F.[N-]=[N+]=N[C@]1(COC(=O)c2cccc(Cl)c2)O[C@@H](n2ccc(=O)[nH]c2=O)[C@H](O)[C@@H]1F.[Na+]. The number of nitrogens with one attached hydrogen (secondary N) is 5. The van der Waals surface area contributed by atoms with Gasteiger partial charge in [-0.3, -0.25) is 71.7 Å². The number of azide groups is 2. The van der Waals surface area contributed by atoms with Gasteiger partial charge in [0.25, 0.3) is 27.8 Å². The fourth-order valence-corrected chi connectivity index (χ4v) is 11.2. The number of nitrogens with zero attached hydrogens (tertiary/aromatic N) is 11. The summed E-state index contributed by atoms with van der Waals surface area (Å²) in [7, 11) is 0.750. The van der Waals surface area contributed by atoms with E-state index in [1.165, 1.54) is 30.5 Å². The number of aliphatic hydroxyl groups is 6. The summed E-state index contributed by atoms with van der Waals surface area (Å²) in [6.07, 6.45) is -20.7. The molecular weight excluding hydrogens is 1670 g/mol. The molecule has 0 radical (unpaired) electrons. The third kappa shape index (κ3) is 20.4. The summed E-state index contributed by atoms with van der Waals surface area (Å²) in [6, 6.07) is 11.0. The maximum Gasteiger partial charge on any atom is 1.00 e. The van der Waals surface area contributed by atoms with E-state index in [2.05, 4.69) is 26.6 Å². The van der Waals surface area contributed by atoms with Crippen molar-refractivity contribution >= 4 is 62.8 Å². The largest absolute Gasteiger partial charge is 1.00 e. The number of rotatable bonds is 13. The molecule has 6 aromatic rings. The molecule has 103 heavy (non-hydrogen) atoms. The van der Waals surface area contributed by atoms with Crippen LogP contribution in [-0.2, 0) is 28.4 Å². The molecule has 0 amide bonds. The summed E-state index contributed by atoms with van der Waals surface area (Å²) in [5.41, 5.74) is 5.76. The zero-order valence-electron chi connectivity index (χ0n) is 52.6. The predicted molar refractivity (Wildman–Crippen MR) is 350 cm³/mol. The molecule has 10 heterocycles. The molecule has 14 N–H and O–H groups in total. The van der Waals surface area contributed by atoms with Crippen LogP contribution in [0.4, 0.5) is 22.0 Å². The molecule has 0 bridgehead atoms. The fourth-order valence-electron chi connectivity index (χ4n) is 9.54. The van der Waals surface area contributed by atoms with Crippen LogP contribution in [0.3, 0.4) is 0 Å². The summed E-state index contributed by atoms with van der Waals surface area (Å²) < 4.78 is 104. The smallest absolute Gasteiger partial charge is 0.857 e. The summed E-state index contributed by atoms with van der Waals surface area (Å²) in [5.74, 6) is -1.15. The van der Waals surface area contributed by atoms with Gasteiger partial charge in [-0.25, -0.2) is 50.7 Å². The second-order valence-electron chi connectivity index (χ2n) is 20.9. The Morgan fingerprint density at radius 1 is 0.602 bits per heavy atom. The van der Waals surface area contributed by atoms with Crippen molar-refractivity contribution in [2.24, 2.45) is 10.2 Å². The topological polar surface area (TPSA) is 624 Å². The zero-order valence-corrected chi connectivity index (χ0v) is 59.7. The molecule has 5 saturated heterocycles. The van der Waals surface area contributed by atoms with Gasteiger partial charge >= 0.3 is 64.0 Å². The van der Waals surface area contributed by atoms with Crippen molar-refractivity contribution in [2.75, 3.05) is 29.2 Å². The van der Waals surface area contributed by atoms with E-state index in [4.69, 9.17) is 61.3 Å². The number of H-pyrrole nitrogens is 5. The van der Waals surface area contributed by atoms with Crippen LogP contribution in [0.2, 0.25) is 5.02 Å². The van der Waals surface area contributed by atoms with Crippen LogP contribution in [0, 0.1) is 0 Å². The fraction of sp³-hybridized carbons (Fsp3) is 0.453. The molecular formula is C53H58ClF5I2N17NaO24. The average molecular weight is 1720 g/mol. The summed E-state index contributed by atoms with van der Waals surface area (Å²) in [5, 5.41) is 72.5. The van der Waals surface area contributed by atoms with Gasteiger partial charge in [0.15, 0.2) is 61.5 Å². The molecule has 5 aromatic heterocycles. The average Bonchev–Trinajstić information content (AvgIpc) is 1.60. The predicted octanol–water partition coefficient (Wildman–Crippen LogP) is -5.40. The van der Waals surface area contributed by atoms with Crippen LogP contribution in [-0.4, -0.2) is 199 Å². The maximum atomic E-state index is 14.8. The Labute approximate surface area is 622 Å². The van der Waals surface area contributed by atoms with E-state index in [1.54, 1.807) is 22.6 Å². The number of hydrogen-bond donors (Lipinski definition) is 12. The molecule has 19 atom stereocenters. The van der Waals surface area contributed by atoms with Crippen LogP contribution in [0.15, 0.2) is 156 Å². The van der Waals surface area contributed by atoms with Crippen LogP contribution in [0.1, 0.15) is 41.5 Å². The molecule has 50 heteroatoms. The Morgan fingerprint density at radius 3 is 1.29 bits per heavy atom. The number of ether oxygens (including phenoxy) is 6. The van der Waals surface area contributed by atoms with E-state index in [9.17, 15) is 100 Å². The monoisotopic (exact) mass is 1720 g/mol. The molecule has 1 aromatic carbocycles. The third-order valence-corrected chi connectivity index (χ3v) is 16.7. The molecule has 5 fully saturated rings. The van der Waals surface area contributed by atoms with Gasteiger partial charge in [-0.1, -0.05) is 79.7 Å². The molecule has 5 aliphatic heterocycles. The van der Waals surface area contributed by atoms with Crippen molar-refractivity contribution in [1.29, 1.82) is 0 Å². The molecule has 556 valence electrons. The van der Waals surface area contributed by atoms with Crippen LogP contribution in [0.25, 0.3) is 20.9 Å². The Kier molecular flexibility index (Phi) is 33.0. The maximum absolute atomic E-state index is 14.8. The van der Waals surface area contributed by atoms with Crippen molar-refractivity contribution < 1.29 is 120 Å². The van der Waals surface area contributed by atoms with Crippen LogP contribution >= 0.6 is 56.8 Å². The van der Waals surface area contributed by atoms with E-state index >= 15 is 0 Å². The van der Waals surface area contributed by atoms with Crippen molar-refractivity contribution in [3.05, 3.63) is 234 Å². The van der Waals surface area contributed by atoms with E-state index in [0.29, 0.717) is 8.99 Å². The minimum absolute atomic E-state index is 0. The zero-order chi connectivity index (χ0) is 75.1. The Hall–Kier alpha value is -7.83. The van der Waals surface area contributed by atoms with Gasteiger partial charge in [0, 0.05) is 85.0 Å². The first-order valence-corrected chi connectivity index (χ1v) is 31.6. The minimum atomic E-state index is -2.44. The molecule has 0 aliphatic carbocycles. The minimum Gasteiger partial charge on any atom is -0.857 e. The van der Waals surface area contributed by atoms with Gasteiger partial charge in [0.1, 0.15) is 55.1 Å². The number of aromatic amines is 5. The normalized spacial score (nSPS) is 29.1. The molecule has 11 rings (SSSR count).